The fourth-order valence-electron chi connectivity index (χ4n) is 4.31. The van der Waals surface area contributed by atoms with Crippen molar-refractivity contribution in [1.29, 1.82) is 0 Å². The average Bonchev–Trinajstić information content (AvgIpc) is 3.48. The van der Waals surface area contributed by atoms with E-state index in [1.807, 2.05) is 48.7 Å². The van der Waals surface area contributed by atoms with Gasteiger partial charge < -0.3 is 19.8 Å². The van der Waals surface area contributed by atoms with Crippen molar-refractivity contribution in [1.82, 2.24) is 10.3 Å². The van der Waals surface area contributed by atoms with Gasteiger partial charge >= 0.3 is 6.18 Å². The molecule has 1 aliphatic heterocycles. The smallest absolute Gasteiger partial charge is 0.416 e. The zero-order chi connectivity index (χ0) is 23.7. The molecule has 0 spiro atoms. The fraction of sp³-hybridized carbons (Fsp3) is 0.192. The third kappa shape index (κ3) is 4.31. The normalized spacial score (nSPS) is 13.7. The van der Waals surface area contributed by atoms with Crippen molar-refractivity contribution in [3.05, 3.63) is 95.2 Å². The Morgan fingerprint density at radius 2 is 1.82 bits per heavy atom. The summed E-state index contributed by atoms with van der Waals surface area (Å²) in [5.41, 5.74) is 2.32. The highest BCUT2D eigenvalue weighted by molar-refractivity contribution is 5.86. The Morgan fingerprint density at radius 3 is 2.68 bits per heavy atom. The first-order valence-corrected chi connectivity index (χ1v) is 10.8. The molecule has 0 bridgehead atoms. The van der Waals surface area contributed by atoms with Crippen LogP contribution in [0.5, 0.6) is 11.5 Å². The standard InChI is InChI=1S/C26H21F3N2O3/c27-26(28,29)17-6-3-5-16(11-17)13-31-24(32)12-20(19-8-4-10-23-25(19)34-15-33-23)21-14-30-22-9-2-1-7-18(21)22/h1-11,14,20,30H,12-13,15H2,(H,31,32)/t20-/m0/s1. The summed E-state index contributed by atoms with van der Waals surface area (Å²) in [6.07, 6.45) is -2.47. The number of aromatic nitrogens is 1. The molecule has 174 valence electrons. The second-order valence-corrected chi connectivity index (χ2v) is 8.10. The first-order chi connectivity index (χ1) is 16.4. The van der Waals surface area contributed by atoms with Crippen LogP contribution in [0, 0.1) is 0 Å². The zero-order valence-electron chi connectivity index (χ0n) is 18.0. The fourth-order valence-corrected chi connectivity index (χ4v) is 4.31. The Kier molecular flexibility index (Phi) is 5.65. The molecule has 0 aliphatic carbocycles. The summed E-state index contributed by atoms with van der Waals surface area (Å²) in [6, 6.07) is 18.3. The minimum atomic E-state index is -4.43. The van der Waals surface area contributed by atoms with Crippen LogP contribution in [0.2, 0.25) is 0 Å². The van der Waals surface area contributed by atoms with Crippen LogP contribution in [0.15, 0.2) is 72.9 Å². The number of benzene rings is 3. The number of carbonyl (C=O) groups is 1. The van der Waals surface area contributed by atoms with Crippen molar-refractivity contribution in [2.75, 3.05) is 6.79 Å². The maximum atomic E-state index is 13.0. The maximum absolute atomic E-state index is 13.0. The van der Waals surface area contributed by atoms with Crippen LogP contribution in [0.4, 0.5) is 13.2 Å². The number of alkyl halides is 3. The van der Waals surface area contributed by atoms with Crippen LogP contribution in [0.1, 0.15) is 34.6 Å². The monoisotopic (exact) mass is 466 g/mol. The summed E-state index contributed by atoms with van der Waals surface area (Å²) in [5.74, 6) is 0.577. The molecular weight excluding hydrogens is 445 g/mol. The van der Waals surface area contributed by atoms with E-state index < -0.39 is 11.7 Å². The minimum Gasteiger partial charge on any atom is -0.454 e. The molecule has 0 fully saturated rings. The Labute approximate surface area is 193 Å². The summed E-state index contributed by atoms with van der Waals surface area (Å²) in [5, 5.41) is 3.75. The average molecular weight is 466 g/mol. The number of aromatic amines is 1. The molecule has 0 saturated carbocycles. The summed E-state index contributed by atoms with van der Waals surface area (Å²) in [6.45, 7) is 0.102. The number of rotatable bonds is 6. The molecule has 0 saturated heterocycles. The molecule has 1 atom stereocenters. The van der Waals surface area contributed by atoms with Gasteiger partial charge in [-0.1, -0.05) is 42.5 Å². The largest absolute Gasteiger partial charge is 0.454 e. The number of amides is 1. The molecule has 2 heterocycles. The van der Waals surface area contributed by atoms with Gasteiger partial charge in [-0.15, -0.1) is 0 Å². The van der Waals surface area contributed by atoms with Crippen LogP contribution < -0.4 is 14.8 Å². The van der Waals surface area contributed by atoms with Gasteiger partial charge in [0.05, 0.1) is 5.56 Å². The van der Waals surface area contributed by atoms with Gasteiger partial charge in [0.15, 0.2) is 11.5 Å². The third-order valence-electron chi connectivity index (χ3n) is 5.93. The molecule has 2 N–H and O–H groups in total. The number of hydrogen-bond acceptors (Lipinski definition) is 3. The van der Waals surface area contributed by atoms with Crippen molar-refractivity contribution >= 4 is 16.8 Å². The molecule has 1 amide bonds. The van der Waals surface area contributed by atoms with Gasteiger partial charge in [0, 0.05) is 41.5 Å². The van der Waals surface area contributed by atoms with Gasteiger partial charge in [-0.25, -0.2) is 0 Å². The Balaban J connectivity index is 1.42. The number of nitrogens with one attached hydrogen (secondary N) is 2. The molecule has 0 radical (unpaired) electrons. The lowest BCUT2D eigenvalue weighted by Crippen LogP contribution is -2.25. The second-order valence-electron chi connectivity index (χ2n) is 8.10. The topological polar surface area (TPSA) is 63.4 Å². The van der Waals surface area contributed by atoms with Crippen LogP contribution in [0.3, 0.4) is 0 Å². The molecule has 4 aromatic rings. The van der Waals surface area contributed by atoms with E-state index in [2.05, 4.69) is 10.3 Å². The van der Waals surface area contributed by atoms with E-state index in [0.29, 0.717) is 17.1 Å². The minimum absolute atomic E-state index is 0.00410. The van der Waals surface area contributed by atoms with Gasteiger partial charge in [-0.3, -0.25) is 4.79 Å². The lowest BCUT2D eigenvalue weighted by Gasteiger charge is -2.19. The number of halogens is 3. The molecule has 5 nitrogen and oxygen atoms in total. The number of ether oxygens (including phenoxy) is 2. The SMILES string of the molecule is O=C(C[C@@H](c1cccc2c1OCO2)c1c[nH]c2ccccc12)NCc1cccc(C(F)(F)F)c1. The summed E-state index contributed by atoms with van der Waals surface area (Å²) >= 11 is 0. The van der Waals surface area contributed by atoms with E-state index in [9.17, 15) is 18.0 Å². The molecular formula is C26H21F3N2O3. The van der Waals surface area contributed by atoms with E-state index in [4.69, 9.17) is 9.47 Å². The van der Waals surface area contributed by atoms with E-state index in [1.165, 1.54) is 6.07 Å². The predicted octanol–water partition coefficient (Wildman–Crippen LogP) is 5.75. The van der Waals surface area contributed by atoms with Crippen LogP contribution >= 0.6 is 0 Å². The number of fused-ring (bicyclic) bond motifs is 2. The highest BCUT2D eigenvalue weighted by Gasteiger charge is 2.31. The molecule has 0 unspecified atom stereocenters. The molecule has 5 rings (SSSR count). The van der Waals surface area contributed by atoms with E-state index in [0.717, 1.165) is 34.2 Å². The first-order valence-electron chi connectivity index (χ1n) is 10.8. The van der Waals surface area contributed by atoms with E-state index in [-0.39, 0.29) is 31.6 Å². The van der Waals surface area contributed by atoms with Gasteiger partial charge in [-0.2, -0.15) is 13.2 Å². The Hall–Kier alpha value is -3.94. The highest BCUT2D eigenvalue weighted by Crippen LogP contribution is 2.44. The zero-order valence-corrected chi connectivity index (χ0v) is 18.0. The quantitative estimate of drug-likeness (QED) is 0.380. The Morgan fingerprint density at radius 1 is 1.00 bits per heavy atom. The first kappa shape index (κ1) is 21.9. The number of hydrogen-bond donors (Lipinski definition) is 2. The van der Waals surface area contributed by atoms with Gasteiger partial charge in [-0.05, 0) is 35.4 Å². The number of H-pyrrole nitrogens is 1. The molecule has 34 heavy (non-hydrogen) atoms. The molecule has 3 aromatic carbocycles. The van der Waals surface area contributed by atoms with E-state index >= 15 is 0 Å². The Bertz CT molecular complexity index is 1350. The van der Waals surface area contributed by atoms with Gasteiger partial charge in [0.1, 0.15) is 0 Å². The third-order valence-corrected chi connectivity index (χ3v) is 5.93. The molecule has 1 aromatic heterocycles. The van der Waals surface area contributed by atoms with Crippen molar-refractivity contribution in [2.45, 2.75) is 25.1 Å². The predicted molar refractivity (Wildman–Crippen MR) is 121 cm³/mol. The van der Waals surface area contributed by atoms with Gasteiger partial charge in [0.25, 0.3) is 0 Å². The lowest BCUT2D eigenvalue weighted by atomic mass is 9.87. The van der Waals surface area contributed by atoms with Crippen molar-refractivity contribution in [3.8, 4) is 11.5 Å². The maximum Gasteiger partial charge on any atom is 0.416 e. The molecule has 1 aliphatic rings. The van der Waals surface area contributed by atoms with Gasteiger partial charge in [0.2, 0.25) is 12.7 Å². The summed E-state index contributed by atoms with van der Waals surface area (Å²) in [7, 11) is 0. The highest BCUT2D eigenvalue weighted by atomic mass is 19.4. The summed E-state index contributed by atoms with van der Waals surface area (Å²) in [4.78, 5) is 16.2. The molecule has 8 heteroatoms. The van der Waals surface area contributed by atoms with Crippen LogP contribution in [-0.4, -0.2) is 17.7 Å². The van der Waals surface area contributed by atoms with Crippen LogP contribution in [-0.2, 0) is 17.5 Å². The van der Waals surface area contributed by atoms with Crippen molar-refractivity contribution in [3.63, 3.8) is 0 Å². The van der Waals surface area contributed by atoms with Crippen molar-refractivity contribution in [2.24, 2.45) is 0 Å². The van der Waals surface area contributed by atoms with Crippen LogP contribution in [0.25, 0.3) is 10.9 Å². The summed E-state index contributed by atoms with van der Waals surface area (Å²) < 4.78 is 50.3. The lowest BCUT2D eigenvalue weighted by molar-refractivity contribution is -0.137. The number of carbonyl (C=O) groups excluding carboxylic acids is 1. The van der Waals surface area contributed by atoms with Crippen molar-refractivity contribution < 1.29 is 27.4 Å². The van der Waals surface area contributed by atoms with E-state index in [1.54, 1.807) is 6.07 Å². The number of para-hydroxylation sites is 2. The second kappa shape index (κ2) is 8.78.